The molecular weight excluding hydrogens is 332 g/mol. The van der Waals surface area contributed by atoms with Crippen LogP contribution < -0.4 is 10.6 Å². The number of carbonyl (C=O) groups is 2. The SMILES string of the molecule is O=C(Nc1ccc(CC(=O)N2CCOCC2)cc1)C1CC(F)(F)CN1. The second kappa shape index (κ2) is 7.45. The second-order valence-corrected chi connectivity index (χ2v) is 6.35. The second-order valence-electron chi connectivity index (χ2n) is 6.35. The van der Waals surface area contributed by atoms with Gasteiger partial charge >= 0.3 is 0 Å². The maximum Gasteiger partial charge on any atom is 0.262 e. The molecule has 6 nitrogen and oxygen atoms in total. The lowest BCUT2D eigenvalue weighted by molar-refractivity contribution is -0.134. The molecule has 0 radical (unpaired) electrons. The van der Waals surface area contributed by atoms with Crippen LogP contribution in [0.3, 0.4) is 0 Å². The Balaban J connectivity index is 1.51. The Hall–Kier alpha value is -2.06. The Kier molecular flexibility index (Phi) is 5.29. The minimum Gasteiger partial charge on any atom is -0.378 e. The number of halogens is 2. The molecule has 0 bridgehead atoms. The van der Waals surface area contributed by atoms with Gasteiger partial charge in [-0.15, -0.1) is 0 Å². The van der Waals surface area contributed by atoms with Crippen molar-refractivity contribution in [2.75, 3.05) is 38.2 Å². The number of benzene rings is 1. The predicted octanol–water partition coefficient (Wildman–Crippen LogP) is 1.02. The third kappa shape index (κ3) is 4.73. The van der Waals surface area contributed by atoms with Crippen molar-refractivity contribution in [1.29, 1.82) is 0 Å². The third-order valence-electron chi connectivity index (χ3n) is 4.37. The van der Waals surface area contributed by atoms with Crippen LogP contribution in [0.15, 0.2) is 24.3 Å². The number of nitrogens with one attached hydrogen (secondary N) is 2. The van der Waals surface area contributed by atoms with Gasteiger partial charge < -0.3 is 15.0 Å². The first-order chi connectivity index (χ1) is 11.9. The Labute approximate surface area is 144 Å². The third-order valence-corrected chi connectivity index (χ3v) is 4.37. The van der Waals surface area contributed by atoms with Crippen molar-refractivity contribution < 1.29 is 23.1 Å². The van der Waals surface area contributed by atoms with Crippen LogP contribution in [-0.2, 0) is 20.7 Å². The number of ether oxygens (including phenoxy) is 1. The van der Waals surface area contributed by atoms with Crippen LogP contribution in [0.4, 0.5) is 14.5 Å². The summed E-state index contributed by atoms with van der Waals surface area (Å²) < 4.78 is 31.5. The van der Waals surface area contributed by atoms with E-state index < -0.39 is 30.8 Å². The molecule has 2 aliphatic heterocycles. The number of anilines is 1. The van der Waals surface area contributed by atoms with Gasteiger partial charge in [0.05, 0.1) is 32.2 Å². The zero-order valence-electron chi connectivity index (χ0n) is 13.8. The number of nitrogens with zero attached hydrogens (tertiary/aromatic N) is 1. The van der Waals surface area contributed by atoms with Gasteiger partial charge in [0, 0.05) is 25.2 Å². The number of hydrogen-bond acceptors (Lipinski definition) is 4. The Morgan fingerprint density at radius 1 is 1.24 bits per heavy atom. The number of carbonyl (C=O) groups excluding carboxylic acids is 2. The van der Waals surface area contributed by atoms with Crippen molar-refractivity contribution in [1.82, 2.24) is 10.2 Å². The van der Waals surface area contributed by atoms with E-state index in [4.69, 9.17) is 4.74 Å². The van der Waals surface area contributed by atoms with Crippen molar-refractivity contribution in [3.63, 3.8) is 0 Å². The molecule has 0 spiro atoms. The number of alkyl halides is 2. The largest absolute Gasteiger partial charge is 0.378 e. The molecule has 1 aromatic carbocycles. The normalized spacial score (nSPS) is 22.6. The molecule has 3 rings (SSSR count). The molecule has 2 N–H and O–H groups in total. The molecule has 136 valence electrons. The fourth-order valence-corrected chi connectivity index (χ4v) is 2.94. The first kappa shape index (κ1) is 17.8. The molecule has 25 heavy (non-hydrogen) atoms. The fraction of sp³-hybridized carbons (Fsp3) is 0.529. The van der Waals surface area contributed by atoms with E-state index in [2.05, 4.69) is 10.6 Å². The van der Waals surface area contributed by atoms with Crippen LogP contribution in [0.25, 0.3) is 0 Å². The van der Waals surface area contributed by atoms with Gasteiger partial charge in [0.2, 0.25) is 11.8 Å². The van der Waals surface area contributed by atoms with Crippen LogP contribution in [0.1, 0.15) is 12.0 Å². The lowest BCUT2D eigenvalue weighted by atomic mass is 10.1. The summed E-state index contributed by atoms with van der Waals surface area (Å²) in [5.74, 6) is -3.28. The summed E-state index contributed by atoms with van der Waals surface area (Å²) in [5, 5.41) is 5.14. The van der Waals surface area contributed by atoms with E-state index in [1.807, 2.05) is 0 Å². The highest BCUT2D eigenvalue weighted by atomic mass is 19.3. The molecule has 2 heterocycles. The maximum absolute atomic E-state index is 13.1. The van der Waals surface area contributed by atoms with Gasteiger partial charge in [-0.05, 0) is 17.7 Å². The molecule has 1 unspecified atom stereocenters. The van der Waals surface area contributed by atoms with Gasteiger partial charge in [0.1, 0.15) is 0 Å². The summed E-state index contributed by atoms with van der Waals surface area (Å²) in [7, 11) is 0. The van der Waals surface area contributed by atoms with Crippen molar-refractivity contribution in [2.24, 2.45) is 0 Å². The first-order valence-corrected chi connectivity index (χ1v) is 8.29. The molecule has 1 atom stereocenters. The van der Waals surface area contributed by atoms with Crippen LogP contribution in [0, 0.1) is 0 Å². The van der Waals surface area contributed by atoms with E-state index in [0.717, 1.165) is 5.56 Å². The van der Waals surface area contributed by atoms with Crippen molar-refractivity contribution in [3.8, 4) is 0 Å². The summed E-state index contributed by atoms with van der Waals surface area (Å²) in [6, 6.07) is 5.97. The highest BCUT2D eigenvalue weighted by Gasteiger charge is 2.42. The highest BCUT2D eigenvalue weighted by molar-refractivity contribution is 5.95. The molecule has 2 fully saturated rings. The average molecular weight is 353 g/mol. The van der Waals surface area contributed by atoms with E-state index in [-0.39, 0.29) is 12.3 Å². The molecule has 0 aromatic heterocycles. The van der Waals surface area contributed by atoms with Crippen LogP contribution in [0.5, 0.6) is 0 Å². The van der Waals surface area contributed by atoms with Gasteiger partial charge in [0.25, 0.3) is 5.92 Å². The topological polar surface area (TPSA) is 70.7 Å². The number of rotatable bonds is 4. The molecular formula is C17H21F2N3O3. The highest BCUT2D eigenvalue weighted by Crippen LogP contribution is 2.25. The summed E-state index contributed by atoms with van der Waals surface area (Å²) in [4.78, 5) is 25.9. The van der Waals surface area contributed by atoms with Crippen molar-refractivity contribution in [2.45, 2.75) is 24.8 Å². The number of morpholine rings is 1. The predicted molar refractivity (Wildman–Crippen MR) is 87.5 cm³/mol. The zero-order valence-corrected chi connectivity index (χ0v) is 13.8. The minimum atomic E-state index is -2.84. The first-order valence-electron chi connectivity index (χ1n) is 8.29. The van der Waals surface area contributed by atoms with Crippen LogP contribution in [-0.4, -0.2) is 61.5 Å². The van der Waals surface area contributed by atoms with E-state index >= 15 is 0 Å². The van der Waals surface area contributed by atoms with Gasteiger partial charge in [0.15, 0.2) is 0 Å². The van der Waals surface area contributed by atoms with Crippen LogP contribution in [0.2, 0.25) is 0 Å². The van der Waals surface area contributed by atoms with Crippen molar-refractivity contribution in [3.05, 3.63) is 29.8 Å². The van der Waals surface area contributed by atoms with Crippen LogP contribution >= 0.6 is 0 Å². The summed E-state index contributed by atoms with van der Waals surface area (Å²) >= 11 is 0. The molecule has 8 heteroatoms. The maximum atomic E-state index is 13.1. The molecule has 1 aromatic rings. The number of hydrogen-bond donors (Lipinski definition) is 2. The van der Waals surface area contributed by atoms with Gasteiger partial charge in [-0.25, -0.2) is 8.78 Å². The monoisotopic (exact) mass is 353 g/mol. The smallest absolute Gasteiger partial charge is 0.262 e. The lowest BCUT2D eigenvalue weighted by Gasteiger charge is -2.26. The molecule has 2 amide bonds. The minimum absolute atomic E-state index is 0.0393. The van der Waals surface area contributed by atoms with Gasteiger partial charge in [-0.3, -0.25) is 14.9 Å². The standard InChI is InChI=1S/C17H21F2N3O3/c18-17(19)10-14(20-11-17)16(24)21-13-3-1-12(2-4-13)9-15(23)22-5-7-25-8-6-22/h1-4,14,20H,5-11H2,(H,21,24). The summed E-state index contributed by atoms with van der Waals surface area (Å²) in [5.41, 5.74) is 1.35. The zero-order chi connectivity index (χ0) is 17.9. The summed E-state index contributed by atoms with van der Waals surface area (Å²) in [6.07, 6.45) is -0.213. The van der Waals surface area contributed by atoms with E-state index in [1.54, 1.807) is 29.2 Å². The molecule has 2 saturated heterocycles. The molecule has 2 aliphatic rings. The average Bonchev–Trinajstić information content (AvgIpc) is 2.97. The van der Waals surface area contributed by atoms with Gasteiger partial charge in [-0.2, -0.15) is 0 Å². The molecule has 0 saturated carbocycles. The molecule has 0 aliphatic carbocycles. The van der Waals surface area contributed by atoms with Gasteiger partial charge in [-0.1, -0.05) is 12.1 Å². The Morgan fingerprint density at radius 2 is 1.92 bits per heavy atom. The Morgan fingerprint density at radius 3 is 2.52 bits per heavy atom. The Bertz CT molecular complexity index is 631. The lowest BCUT2D eigenvalue weighted by Crippen LogP contribution is -2.41. The van der Waals surface area contributed by atoms with E-state index in [1.165, 1.54) is 0 Å². The number of amides is 2. The van der Waals surface area contributed by atoms with Crippen molar-refractivity contribution >= 4 is 17.5 Å². The quantitative estimate of drug-likeness (QED) is 0.848. The van der Waals surface area contributed by atoms with E-state index in [9.17, 15) is 18.4 Å². The summed E-state index contributed by atoms with van der Waals surface area (Å²) in [6.45, 7) is 1.85. The fourth-order valence-electron chi connectivity index (χ4n) is 2.94. The van der Waals surface area contributed by atoms with E-state index in [0.29, 0.717) is 32.0 Å².